The minimum absolute atomic E-state index is 0.347. The SMILES string of the molecule is C=CCN[Se][P+]([S])(CCc1ccccc1)CCc1ccccc1. The van der Waals surface area contributed by atoms with E-state index in [1.165, 1.54) is 11.1 Å². The second kappa shape index (κ2) is 10.3. The molecule has 1 radical (unpaired) electrons. The first-order valence-corrected chi connectivity index (χ1v) is 14.1. The Morgan fingerprint density at radius 3 is 1.83 bits per heavy atom. The first-order chi connectivity index (χ1) is 11.2. The fraction of sp³-hybridized carbons (Fsp3) is 0.263. The van der Waals surface area contributed by atoms with Crippen LogP contribution in [-0.4, -0.2) is 33.6 Å². The molecular weight excluding hydrogens is 384 g/mol. The van der Waals surface area contributed by atoms with Crippen molar-refractivity contribution in [3.63, 3.8) is 0 Å². The summed E-state index contributed by atoms with van der Waals surface area (Å²) in [4.78, 5) is 0. The Labute approximate surface area is 152 Å². The van der Waals surface area contributed by atoms with Crippen LogP contribution < -0.4 is 4.33 Å². The molecule has 1 N–H and O–H groups in total. The van der Waals surface area contributed by atoms with Crippen molar-refractivity contribution in [3.8, 4) is 0 Å². The molecule has 23 heavy (non-hydrogen) atoms. The molecule has 2 aromatic carbocycles. The number of nitrogens with one attached hydrogen (secondary N) is 1. The van der Waals surface area contributed by atoms with Gasteiger partial charge in [-0.2, -0.15) is 0 Å². The molecule has 0 unspecified atom stereocenters. The monoisotopic (exact) mass is 409 g/mol. The second-order valence-electron chi connectivity index (χ2n) is 5.46. The second-order valence-corrected chi connectivity index (χ2v) is 18.0. The zero-order chi connectivity index (χ0) is 16.4. The van der Waals surface area contributed by atoms with Crippen molar-refractivity contribution in [1.82, 2.24) is 4.33 Å². The summed E-state index contributed by atoms with van der Waals surface area (Å²) in [7, 11) is 0. The molecule has 4 heteroatoms. The summed E-state index contributed by atoms with van der Waals surface area (Å²) < 4.78 is 3.54. The number of hydrogen-bond acceptors (Lipinski definition) is 1. The van der Waals surface area contributed by atoms with Gasteiger partial charge in [0.05, 0.1) is 0 Å². The van der Waals surface area contributed by atoms with E-state index in [0.29, 0.717) is 14.7 Å². The van der Waals surface area contributed by atoms with E-state index in [0.717, 1.165) is 31.7 Å². The summed E-state index contributed by atoms with van der Waals surface area (Å²) in [5.41, 5.74) is 2.81. The Hall–Kier alpha value is -0.561. The van der Waals surface area contributed by atoms with Crippen molar-refractivity contribution < 1.29 is 0 Å². The molecule has 0 spiro atoms. The number of benzene rings is 2. The van der Waals surface area contributed by atoms with Crippen molar-refractivity contribution in [2.75, 3.05) is 18.9 Å². The summed E-state index contributed by atoms with van der Waals surface area (Å²) in [6.45, 7) is 4.66. The van der Waals surface area contributed by atoms with E-state index < -0.39 is 5.15 Å². The average Bonchev–Trinajstić information content (AvgIpc) is 2.61. The predicted octanol–water partition coefficient (Wildman–Crippen LogP) is 4.91. The van der Waals surface area contributed by atoms with Crippen molar-refractivity contribution in [2.45, 2.75) is 12.8 Å². The molecule has 0 heterocycles. The number of hydrogen-bond donors (Lipinski definition) is 1. The molecule has 0 amide bonds. The van der Waals surface area contributed by atoms with Crippen LogP contribution in [0.15, 0.2) is 73.3 Å². The Bertz CT molecular complexity index is 533. The quantitative estimate of drug-likeness (QED) is 0.255. The molecule has 2 rings (SSSR count). The molecule has 2 aromatic rings. The molecular formula is C19H24NPSSe+. The molecule has 0 saturated carbocycles. The van der Waals surface area contributed by atoms with Gasteiger partial charge in [-0.3, -0.25) is 0 Å². The maximum atomic E-state index is 6.16. The van der Waals surface area contributed by atoms with E-state index in [4.69, 9.17) is 12.2 Å². The zero-order valence-corrected chi connectivity index (χ0v) is 16.8. The average molecular weight is 408 g/mol. The van der Waals surface area contributed by atoms with E-state index in [9.17, 15) is 0 Å². The van der Waals surface area contributed by atoms with Gasteiger partial charge in [0.2, 0.25) is 0 Å². The number of aryl methyl sites for hydroxylation is 2. The Morgan fingerprint density at radius 2 is 1.39 bits per heavy atom. The van der Waals surface area contributed by atoms with E-state index >= 15 is 0 Å². The van der Waals surface area contributed by atoms with Gasteiger partial charge in [0.1, 0.15) is 0 Å². The van der Waals surface area contributed by atoms with Gasteiger partial charge in [-0.25, -0.2) is 0 Å². The van der Waals surface area contributed by atoms with Gasteiger partial charge >= 0.3 is 153 Å². The van der Waals surface area contributed by atoms with Gasteiger partial charge in [0.15, 0.2) is 0 Å². The topological polar surface area (TPSA) is 12.0 Å². The van der Waals surface area contributed by atoms with Crippen LogP contribution in [0.3, 0.4) is 0 Å². The van der Waals surface area contributed by atoms with Crippen molar-refractivity contribution in [1.29, 1.82) is 0 Å². The molecule has 0 aliphatic heterocycles. The van der Waals surface area contributed by atoms with Gasteiger partial charge < -0.3 is 0 Å². The van der Waals surface area contributed by atoms with Crippen LogP contribution in [0.2, 0.25) is 0 Å². The molecule has 0 aromatic heterocycles. The summed E-state index contributed by atoms with van der Waals surface area (Å²) >= 11 is 6.50. The van der Waals surface area contributed by atoms with E-state index in [1.54, 1.807) is 0 Å². The van der Waals surface area contributed by atoms with E-state index in [2.05, 4.69) is 71.6 Å². The van der Waals surface area contributed by atoms with Gasteiger partial charge in [0, 0.05) is 0 Å². The molecule has 0 fully saturated rings. The maximum absolute atomic E-state index is 6.16. The van der Waals surface area contributed by atoms with Crippen molar-refractivity contribution >= 4 is 32.1 Å². The van der Waals surface area contributed by atoms with Gasteiger partial charge in [-0.05, 0) is 0 Å². The molecule has 1 nitrogen and oxygen atoms in total. The van der Waals surface area contributed by atoms with Gasteiger partial charge in [-0.1, -0.05) is 0 Å². The molecule has 0 aliphatic rings. The summed E-state index contributed by atoms with van der Waals surface area (Å²) in [5, 5.41) is -1.34. The van der Waals surface area contributed by atoms with Crippen LogP contribution in [0.5, 0.6) is 0 Å². The summed E-state index contributed by atoms with van der Waals surface area (Å²) in [5.74, 6) is 0. The van der Waals surface area contributed by atoms with Crippen molar-refractivity contribution in [3.05, 3.63) is 84.4 Å². The molecule has 0 bridgehead atoms. The van der Waals surface area contributed by atoms with Crippen LogP contribution in [0.1, 0.15) is 11.1 Å². The van der Waals surface area contributed by atoms with Crippen LogP contribution in [-0.2, 0) is 12.8 Å². The van der Waals surface area contributed by atoms with E-state index in [-0.39, 0.29) is 0 Å². The third kappa shape index (κ3) is 7.25. The third-order valence-electron chi connectivity index (χ3n) is 3.63. The Kier molecular flexibility index (Phi) is 8.44. The Morgan fingerprint density at radius 1 is 0.913 bits per heavy atom. The first kappa shape index (κ1) is 18.8. The third-order valence-corrected chi connectivity index (χ3v) is 13.7. The van der Waals surface area contributed by atoms with Gasteiger partial charge in [-0.15, -0.1) is 0 Å². The standard InChI is InChI=1S/C19H24NPSSe/c1-2-15-20-23-21(22,16-13-18-9-5-3-6-10-18)17-14-19-11-7-4-8-12-19/h2-12,20H,1,13-17H2/q+1. The Balaban J connectivity index is 1.94. The number of rotatable bonds is 10. The predicted molar refractivity (Wildman–Crippen MR) is 108 cm³/mol. The van der Waals surface area contributed by atoms with Crippen LogP contribution in [0.4, 0.5) is 0 Å². The molecule has 0 aliphatic carbocycles. The summed E-state index contributed by atoms with van der Waals surface area (Å²) in [6, 6.07) is 21.4. The van der Waals surface area contributed by atoms with Crippen molar-refractivity contribution in [2.24, 2.45) is 0 Å². The molecule has 0 saturated heterocycles. The summed E-state index contributed by atoms with van der Waals surface area (Å²) in [6.07, 6.45) is 6.44. The minimum atomic E-state index is -1.34. The van der Waals surface area contributed by atoms with Gasteiger partial charge in [0.25, 0.3) is 0 Å². The molecule has 121 valence electrons. The first-order valence-electron chi connectivity index (χ1n) is 7.90. The van der Waals surface area contributed by atoms with Crippen LogP contribution in [0, 0.1) is 0 Å². The van der Waals surface area contributed by atoms with E-state index in [1.807, 2.05) is 6.08 Å². The fourth-order valence-electron chi connectivity index (χ4n) is 2.31. The normalized spacial score (nSPS) is 11.3. The zero-order valence-electron chi connectivity index (χ0n) is 13.4. The van der Waals surface area contributed by atoms with Crippen LogP contribution in [0.25, 0.3) is 0 Å². The molecule has 0 atom stereocenters. The fourth-order valence-corrected chi connectivity index (χ4v) is 10.1. The van der Waals surface area contributed by atoms with Crippen LogP contribution >= 0.6 is 17.4 Å².